The highest BCUT2D eigenvalue weighted by molar-refractivity contribution is 5.76. The third-order valence-electron chi connectivity index (χ3n) is 17.8. The molecular weight excluding hydrogens is 1120 g/mol. The van der Waals surface area contributed by atoms with Crippen molar-refractivity contribution in [3.63, 3.8) is 0 Å². The first-order chi connectivity index (χ1) is 42.3. The van der Waals surface area contributed by atoms with Gasteiger partial charge in [-0.05, 0) is 44.9 Å². The van der Waals surface area contributed by atoms with Crippen molar-refractivity contribution in [3.05, 3.63) is 24.3 Å². The predicted molar refractivity (Wildman–Crippen MR) is 337 cm³/mol. The van der Waals surface area contributed by atoms with Crippen LogP contribution in [0, 0.1) is 0 Å². The van der Waals surface area contributed by atoms with E-state index in [1.807, 2.05) is 0 Å². The van der Waals surface area contributed by atoms with Crippen molar-refractivity contribution in [3.8, 4) is 0 Å². The van der Waals surface area contributed by atoms with Crippen molar-refractivity contribution in [2.24, 2.45) is 0 Å². The summed E-state index contributed by atoms with van der Waals surface area (Å²) in [5, 5.41) is 120. The Morgan fingerprint density at radius 1 is 0.414 bits per heavy atom. The van der Waals surface area contributed by atoms with E-state index in [1.165, 1.54) is 186 Å². The molecule has 0 aromatic heterocycles. The maximum absolute atomic E-state index is 13.4. The fourth-order valence-corrected chi connectivity index (χ4v) is 12.1. The molecule has 3 aliphatic heterocycles. The molecule has 0 aromatic carbocycles. The van der Waals surface area contributed by atoms with Gasteiger partial charge in [0.15, 0.2) is 18.9 Å². The molecule has 512 valence electrons. The van der Waals surface area contributed by atoms with Gasteiger partial charge in [0.25, 0.3) is 0 Å². The van der Waals surface area contributed by atoms with E-state index in [4.69, 9.17) is 28.4 Å². The molecule has 0 aromatic rings. The van der Waals surface area contributed by atoms with Gasteiger partial charge >= 0.3 is 0 Å². The fraction of sp³-hybridized carbons (Fsp3) is 0.926. The summed E-state index contributed by atoms with van der Waals surface area (Å²) < 4.78 is 34.3. The number of ether oxygens (including phenoxy) is 6. The first kappa shape index (κ1) is 79.5. The van der Waals surface area contributed by atoms with E-state index in [9.17, 15) is 61.0 Å². The van der Waals surface area contributed by atoms with Gasteiger partial charge in [0.2, 0.25) is 5.91 Å². The Morgan fingerprint density at radius 3 is 1.17 bits per heavy atom. The van der Waals surface area contributed by atoms with Gasteiger partial charge in [0.05, 0.1) is 38.6 Å². The lowest BCUT2D eigenvalue weighted by Crippen LogP contribution is -2.66. The van der Waals surface area contributed by atoms with Crippen molar-refractivity contribution in [1.29, 1.82) is 0 Å². The van der Waals surface area contributed by atoms with Gasteiger partial charge in [-0.3, -0.25) is 4.79 Å². The largest absolute Gasteiger partial charge is 0.394 e. The van der Waals surface area contributed by atoms with Crippen LogP contribution < -0.4 is 5.32 Å². The van der Waals surface area contributed by atoms with Gasteiger partial charge in [0, 0.05) is 6.42 Å². The Bertz CT molecular complexity index is 1680. The van der Waals surface area contributed by atoms with Gasteiger partial charge < -0.3 is 89.9 Å². The summed E-state index contributed by atoms with van der Waals surface area (Å²) >= 11 is 0. The molecule has 17 atom stereocenters. The third-order valence-corrected chi connectivity index (χ3v) is 17.8. The van der Waals surface area contributed by atoms with Gasteiger partial charge in [-0.2, -0.15) is 0 Å². The minimum atomic E-state index is -1.97. The lowest BCUT2D eigenvalue weighted by Gasteiger charge is -2.48. The van der Waals surface area contributed by atoms with E-state index in [0.29, 0.717) is 12.8 Å². The SMILES string of the molecule is CCCCCCC/C=C\C/C=C\CCCCCCCCCCCCCCCCCCCCCCCC(=O)NC(COC1OC(CO)C(OC2OC(CO)C(OC3OC(CO)C(O)C(O)C3O)C(O)C2O)C(O)C1O)C(O)CCCCCCCCCCC. The summed E-state index contributed by atoms with van der Waals surface area (Å²) in [5.41, 5.74) is 0. The van der Waals surface area contributed by atoms with Gasteiger partial charge in [0.1, 0.15) is 73.2 Å². The van der Waals surface area contributed by atoms with Crippen LogP contribution in [-0.2, 0) is 33.2 Å². The second-order valence-corrected chi connectivity index (χ2v) is 25.3. The first-order valence-corrected chi connectivity index (χ1v) is 35.1. The van der Waals surface area contributed by atoms with Crippen molar-refractivity contribution in [2.45, 2.75) is 375 Å². The lowest BCUT2D eigenvalue weighted by molar-refractivity contribution is -0.379. The predicted octanol–water partition coefficient (Wildman–Crippen LogP) is 9.05. The molecule has 0 saturated carbocycles. The van der Waals surface area contributed by atoms with E-state index < -0.39 is 124 Å². The molecule has 3 aliphatic rings. The van der Waals surface area contributed by atoms with Crippen LogP contribution in [0.4, 0.5) is 0 Å². The zero-order chi connectivity index (χ0) is 63.3. The Kier molecular flexibility index (Phi) is 46.4. The van der Waals surface area contributed by atoms with Crippen LogP contribution in [0.5, 0.6) is 0 Å². The molecule has 12 N–H and O–H groups in total. The summed E-state index contributed by atoms with van der Waals surface area (Å²) in [6.45, 7) is 1.77. The number of carbonyl (C=O) groups is 1. The average molecular weight is 1250 g/mol. The number of unbranched alkanes of at least 4 members (excludes halogenated alkanes) is 34. The first-order valence-electron chi connectivity index (χ1n) is 35.1. The maximum Gasteiger partial charge on any atom is 0.220 e. The Labute approximate surface area is 524 Å². The third kappa shape index (κ3) is 33.1. The monoisotopic (exact) mass is 1250 g/mol. The number of aliphatic hydroxyl groups excluding tert-OH is 11. The number of allylic oxidation sites excluding steroid dienone is 4. The fourth-order valence-electron chi connectivity index (χ4n) is 12.1. The molecule has 1 amide bonds. The Hall–Kier alpha value is -1.73. The van der Waals surface area contributed by atoms with Crippen LogP contribution in [0.3, 0.4) is 0 Å². The quantitative estimate of drug-likeness (QED) is 0.0200. The van der Waals surface area contributed by atoms with Crippen molar-refractivity contribution < 1.29 is 89.4 Å². The standard InChI is InChI=1S/C68H127NO18/c1-3-5-7-9-11-13-14-15-16-17-18-19-20-21-22-23-24-25-26-27-28-29-30-31-32-33-34-35-36-38-40-42-44-46-56(74)69-51(52(73)45-43-41-39-37-12-10-8-6-4-2)50-82-66-62(80)59(77)64(54(48-71)84-66)87-68-63(81)60(78)65(55(49-72)85-68)86-67-61(79)58(76)57(75)53(47-70)83-67/h14-15,17-18,51-55,57-68,70-73,75-81H,3-13,16,19-50H2,1-2H3,(H,69,74)/b15-14-,18-17-. The normalized spacial score (nSPS) is 28.7. The topological polar surface area (TPSA) is 307 Å². The molecule has 17 unspecified atom stereocenters. The molecule has 87 heavy (non-hydrogen) atoms. The summed E-state index contributed by atoms with van der Waals surface area (Å²) in [4.78, 5) is 13.4. The lowest BCUT2D eigenvalue weighted by atomic mass is 9.96. The highest BCUT2D eigenvalue weighted by Gasteiger charge is 2.53. The van der Waals surface area contributed by atoms with Crippen LogP contribution >= 0.6 is 0 Å². The number of nitrogens with one attached hydrogen (secondary N) is 1. The smallest absolute Gasteiger partial charge is 0.220 e. The zero-order valence-electron chi connectivity index (χ0n) is 54.0. The summed E-state index contributed by atoms with van der Waals surface area (Å²) in [7, 11) is 0. The molecule has 0 bridgehead atoms. The molecule has 0 radical (unpaired) electrons. The number of hydrogen-bond donors (Lipinski definition) is 12. The van der Waals surface area contributed by atoms with Crippen LogP contribution in [0.2, 0.25) is 0 Å². The summed E-state index contributed by atoms with van der Waals surface area (Å²) in [5.74, 6) is -0.241. The number of carbonyl (C=O) groups excluding carboxylic acids is 1. The highest BCUT2D eigenvalue weighted by Crippen LogP contribution is 2.33. The number of hydrogen-bond acceptors (Lipinski definition) is 18. The second-order valence-electron chi connectivity index (χ2n) is 25.3. The second kappa shape index (κ2) is 50.8. The minimum absolute atomic E-state index is 0.241. The number of aliphatic hydroxyl groups is 11. The maximum atomic E-state index is 13.4. The Morgan fingerprint density at radius 2 is 0.759 bits per heavy atom. The van der Waals surface area contributed by atoms with Crippen LogP contribution in [0.15, 0.2) is 24.3 Å². The molecule has 0 aliphatic carbocycles. The van der Waals surface area contributed by atoms with E-state index in [2.05, 4.69) is 43.5 Å². The zero-order valence-corrected chi connectivity index (χ0v) is 54.0. The average Bonchev–Trinajstić information content (AvgIpc) is 1.04. The van der Waals surface area contributed by atoms with Gasteiger partial charge in [-0.15, -0.1) is 0 Å². The van der Waals surface area contributed by atoms with Crippen LogP contribution in [0.1, 0.15) is 271 Å². The molecule has 3 fully saturated rings. The van der Waals surface area contributed by atoms with Crippen LogP contribution in [-0.4, -0.2) is 193 Å². The van der Waals surface area contributed by atoms with Crippen molar-refractivity contribution in [1.82, 2.24) is 5.32 Å². The number of amides is 1. The van der Waals surface area contributed by atoms with E-state index in [0.717, 1.165) is 51.4 Å². The van der Waals surface area contributed by atoms with Gasteiger partial charge in [-0.1, -0.05) is 244 Å². The summed E-state index contributed by atoms with van der Waals surface area (Å²) in [6, 6.07) is -0.882. The molecule has 3 saturated heterocycles. The van der Waals surface area contributed by atoms with E-state index >= 15 is 0 Å². The number of rotatable bonds is 54. The summed E-state index contributed by atoms with van der Waals surface area (Å²) in [6.07, 6.45) is 30.2. The minimum Gasteiger partial charge on any atom is -0.394 e. The van der Waals surface area contributed by atoms with Crippen LogP contribution in [0.25, 0.3) is 0 Å². The Balaban J connectivity index is 1.31. The van der Waals surface area contributed by atoms with Crippen molar-refractivity contribution in [2.75, 3.05) is 26.4 Å². The molecule has 19 heteroatoms. The van der Waals surface area contributed by atoms with E-state index in [1.54, 1.807) is 0 Å². The molecule has 0 spiro atoms. The van der Waals surface area contributed by atoms with Crippen molar-refractivity contribution >= 4 is 5.91 Å². The molecular formula is C68H127NO18. The highest BCUT2D eigenvalue weighted by atomic mass is 16.8. The molecule has 3 rings (SSSR count). The molecule has 19 nitrogen and oxygen atoms in total. The van der Waals surface area contributed by atoms with E-state index in [-0.39, 0.29) is 18.9 Å². The molecule has 3 heterocycles. The van der Waals surface area contributed by atoms with Gasteiger partial charge in [-0.25, -0.2) is 0 Å².